The first-order valence-electron chi connectivity index (χ1n) is 31.0. The smallest absolute Gasteiger partial charge is 0.335 e. The Hall–Kier alpha value is -3.06. The molecule has 12 nitrogen and oxygen atoms in total. The van der Waals surface area contributed by atoms with Crippen molar-refractivity contribution in [2.75, 3.05) is 13.2 Å². The number of carboxylic acids is 1. The summed E-state index contributed by atoms with van der Waals surface area (Å²) >= 11 is 0. The number of aliphatic hydroxyl groups excluding tert-OH is 2. The third-order valence-corrected chi connectivity index (χ3v) is 14.2. The predicted molar refractivity (Wildman–Crippen MR) is 303 cm³/mol. The molecule has 436 valence electrons. The molecule has 1 aliphatic heterocycles. The quantitative estimate of drug-likeness (QED) is 0.0228. The summed E-state index contributed by atoms with van der Waals surface area (Å²) in [5.41, 5.74) is 0. The molecule has 0 aromatic rings. The highest BCUT2D eigenvalue weighted by Gasteiger charge is 2.50. The highest BCUT2D eigenvalue weighted by molar-refractivity contribution is 5.74. The van der Waals surface area contributed by atoms with Crippen molar-refractivity contribution in [3.63, 3.8) is 0 Å². The third kappa shape index (κ3) is 41.7. The summed E-state index contributed by atoms with van der Waals surface area (Å²) in [6.45, 7) is 5.96. The molecule has 0 radical (unpaired) electrons. The molecule has 0 saturated carbocycles. The highest BCUT2D eigenvalue weighted by Crippen LogP contribution is 2.27. The van der Waals surface area contributed by atoms with Crippen LogP contribution >= 0.6 is 0 Å². The van der Waals surface area contributed by atoms with Crippen molar-refractivity contribution in [3.8, 4) is 0 Å². The molecule has 6 unspecified atom stereocenters. The second-order valence-corrected chi connectivity index (χ2v) is 21.3. The van der Waals surface area contributed by atoms with E-state index in [0.29, 0.717) is 19.3 Å². The van der Waals surface area contributed by atoms with Gasteiger partial charge in [0, 0.05) is 19.3 Å². The number of aliphatic carboxylic acids is 1. The van der Waals surface area contributed by atoms with E-state index in [1.807, 2.05) is 0 Å². The van der Waals surface area contributed by atoms with Crippen molar-refractivity contribution in [1.29, 1.82) is 0 Å². The van der Waals surface area contributed by atoms with Crippen molar-refractivity contribution in [2.24, 2.45) is 0 Å². The van der Waals surface area contributed by atoms with Gasteiger partial charge in [-0.1, -0.05) is 218 Å². The fraction of sp³-hybridized carbons (Fsp3) is 0.841. The molecule has 0 spiro atoms. The van der Waals surface area contributed by atoms with E-state index in [-0.39, 0.29) is 25.9 Å². The zero-order valence-corrected chi connectivity index (χ0v) is 48.1. The number of allylic oxidation sites excluding steroid dienone is 6. The number of carbonyl (C=O) groups is 4. The maximum Gasteiger partial charge on any atom is 0.335 e. The van der Waals surface area contributed by atoms with E-state index in [1.54, 1.807) is 0 Å². The molecule has 0 aliphatic carbocycles. The number of rotatable bonds is 53. The molecule has 1 heterocycles. The Labute approximate surface area is 457 Å². The Balaban J connectivity index is 2.64. The number of ether oxygens (including phenoxy) is 5. The first-order valence-corrected chi connectivity index (χ1v) is 31.0. The van der Waals surface area contributed by atoms with Crippen molar-refractivity contribution in [1.82, 2.24) is 0 Å². The van der Waals surface area contributed by atoms with Crippen LogP contribution in [0.15, 0.2) is 36.5 Å². The number of unbranched alkanes of at least 4 members (excludes halogenated alkanes) is 33. The van der Waals surface area contributed by atoms with Gasteiger partial charge >= 0.3 is 23.9 Å². The minimum absolute atomic E-state index is 0.0569. The molecule has 3 N–H and O–H groups in total. The average Bonchev–Trinajstić information content (AvgIpc) is 3.39. The van der Waals surface area contributed by atoms with E-state index in [9.17, 15) is 34.5 Å². The summed E-state index contributed by atoms with van der Waals surface area (Å²) in [4.78, 5) is 51.1. The summed E-state index contributed by atoms with van der Waals surface area (Å²) in [5, 5.41) is 31.5. The number of carbonyl (C=O) groups excluding carboxylic acids is 3. The van der Waals surface area contributed by atoms with E-state index < -0.39 is 67.3 Å². The van der Waals surface area contributed by atoms with Crippen LogP contribution in [0.25, 0.3) is 0 Å². The maximum atomic E-state index is 13.1. The zero-order chi connectivity index (χ0) is 54.7. The average molecular weight is 1060 g/mol. The summed E-state index contributed by atoms with van der Waals surface area (Å²) in [6, 6.07) is 0. The van der Waals surface area contributed by atoms with Crippen LogP contribution < -0.4 is 0 Å². The van der Waals surface area contributed by atoms with Gasteiger partial charge in [0.1, 0.15) is 18.8 Å². The molecule has 6 atom stereocenters. The van der Waals surface area contributed by atoms with Crippen LogP contribution in [-0.4, -0.2) is 89.2 Å². The normalized spacial score (nSPS) is 18.3. The van der Waals surface area contributed by atoms with E-state index >= 15 is 0 Å². The molecular weight excluding hydrogens is 949 g/mol. The Morgan fingerprint density at radius 3 is 1.17 bits per heavy atom. The number of aliphatic hydroxyl groups is 2. The van der Waals surface area contributed by atoms with Gasteiger partial charge in [0.25, 0.3) is 0 Å². The van der Waals surface area contributed by atoms with Crippen LogP contribution in [0.3, 0.4) is 0 Å². The zero-order valence-electron chi connectivity index (χ0n) is 48.1. The van der Waals surface area contributed by atoms with Crippen LogP contribution in [0.2, 0.25) is 0 Å². The van der Waals surface area contributed by atoms with Gasteiger partial charge in [-0.25, -0.2) is 4.79 Å². The van der Waals surface area contributed by atoms with Gasteiger partial charge in [-0.3, -0.25) is 14.4 Å². The molecule has 0 aromatic carbocycles. The van der Waals surface area contributed by atoms with Crippen LogP contribution in [0, 0.1) is 0 Å². The van der Waals surface area contributed by atoms with Crippen LogP contribution in [-0.2, 0) is 42.9 Å². The lowest BCUT2D eigenvalue weighted by Gasteiger charge is -2.40. The Bertz CT molecular complexity index is 1450. The second kappa shape index (κ2) is 51.7. The Kier molecular flexibility index (Phi) is 48.2. The lowest BCUT2D eigenvalue weighted by molar-refractivity contribution is -0.301. The minimum atomic E-state index is -1.90. The molecule has 0 aromatic heterocycles. The molecule has 0 bridgehead atoms. The predicted octanol–water partition coefficient (Wildman–Crippen LogP) is 16.0. The first kappa shape index (κ1) is 70.0. The molecule has 1 rings (SSSR count). The largest absolute Gasteiger partial charge is 0.479 e. The topological polar surface area (TPSA) is 175 Å². The van der Waals surface area contributed by atoms with Gasteiger partial charge in [0.15, 0.2) is 24.6 Å². The van der Waals surface area contributed by atoms with Gasteiger partial charge in [0.2, 0.25) is 0 Å². The van der Waals surface area contributed by atoms with Crippen LogP contribution in [0.4, 0.5) is 0 Å². The Morgan fingerprint density at radius 2 is 0.773 bits per heavy atom. The number of esters is 3. The van der Waals surface area contributed by atoms with Crippen molar-refractivity contribution in [3.05, 3.63) is 36.5 Å². The fourth-order valence-electron chi connectivity index (χ4n) is 9.34. The number of hydrogen-bond donors (Lipinski definition) is 3. The molecule has 0 amide bonds. The van der Waals surface area contributed by atoms with Crippen LogP contribution in [0.1, 0.15) is 290 Å². The first-order chi connectivity index (χ1) is 36.6. The van der Waals surface area contributed by atoms with Crippen LogP contribution in [0.5, 0.6) is 0 Å². The second-order valence-electron chi connectivity index (χ2n) is 21.3. The molecule has 1 fully saturated rings. The van der Waals surface area contributed by atoms with Gasteiger partial charge in [0.05, 0.1) is 6.61 Å². The van der Waals surface area contributed by atoms with Gasteiger partial charge in [-0.2, -0.15) is 0 Å². The monoisotopic (exact) mass is 1060 g/mol. The van der Waals surface area contributed by atoms with E-state index in [0.717, 1.165) is 96.3 Å². The van der Waals surface area contributed by atoms with Gasteiger partial charge in [-0.05, 0) is 89.9 Å². The van der Waals surface area contributed by atoms with Gasteiger partial charge < -0.3 is 39.0 Å². The Morgan fingerprint density at radius 1 is 0.427 bits per heavy atom. The van der Waals surface area contributed by atoms with Gasteiger partial charge in [-0.15, -0.1) is 0 Å². The van der Waals surface area contributed by atoms with E-state index in [2.05, 4.69) is 57.2 Å². The number of hydrogen-bond acceptors (Lipinski definition) is 11. The van der Waals surface area contributed by atoms with E-state index in [4.69, 9.17) is 23.7 Å². The number of carboxylic acid groups (broad SMARTS) is 1. The van der Waals surface area contributed by atoms with Crippen molar-refractivity contribution < 1.29 is 58.2 Å². The van der Waals surface area contributed by atoms with Crippen molar-refractivity contribution >= 4 is 23.9 Å². The SMILES string of the molecule is CCCC/C=C\CCCCCCCC(=O)OC(COC(=O)CCCCCCCCC/C=C\CCCCCCCC)COC1OC(C(=O)O)C(O)C(O)C1OC(=O)CCCCCCCCC/C=C\CCCCCCCC. The standard InChI is InChI=1S/C63H112O12/c1-4-7-10-13-16-19-22-24-26-28-30-32-35-37-40-43-46-49-55(64)71-52-54(73-56(65)50-47-44-41-38-34-21-18-15-12-9-6-3)53-72-63-61(59(68)58(67)60(75-63)62(69)70)74-57(66)51-48-45-42-39-36-33-31-29-27-25-23-20-17-14-11-8-5-2/h15,18,24-27,54,58-61,63,67-68H,4-14,16-17,19-23,28-53H2,1-3H3,(H,69,70)/b18-15-,26-24-,27-25-. The highest BCUT2D eigenvalue weighted by atomic mass is 16.7. The molecule has 1 aliphatic rings. The summed E-state index contributed by atoms with van der Waals surface area (Å²) in [5.74, 6) is -3.12. The summed E-state index contributed by atoms with van der Waals surface area (Å²) < 4.78 is 28.4. The molecule has 1 saturated heterocycles. The van der Waals surface area contributed by atoms with Crippen molar-refractivity contribution in [2.45, 2.75) is 327 Å². The maximum absolute atomic E-state index is 13.1. The van der Waals surface area contributed by atoms with E-state index in [1.165, 1.54) is 135 Å². The summed E-state index contributed by atoms with van der Waals surface area (Å²) in [6.07, 6.45) is 48.3. The minimum Gasteiger partial charge on any atom is -0.479 e. The summed E-state index contributed by atoms with van der Waals surface area (Å²) in [7, 11) is 0. The molecule has 12 heteroatoms. The lowest BCUT2D eigenvalue weighted by atomic mass is 9.98. The lowest BCUT2D eigenvalue weighted by Crippen LogP contribution is -2.61. The fourth-order valence-corrected chi connectivity index (χ4v) is 9.34. The third-order valence-electron chi connectivity index (χ3n) is 14.2. The molecule has 75 heavy (non-hydrogen) atoms. The molecular formula is C63H112O12.